The number of hydrogen-bond acceptors (Lipinski definition) is 8. The number of halogens is 1. The third-order valence-corrected chi connectivity index (χ3v) is 6.08. The van der Waals surface area contributed by atoms with Gasteiger partial charge in [-0.1, -0.05) is 0 Å². The summed E-state index contributed by atoms with van der Waals surface area (Å²) >= 11 is 0. The van der Waals surface area contributed by atoms with Gasteiger partial charge in [-0.15, -0.1) is 0 Å². The SMILES string of the molecule is N#CC[C@@H]([C@H]1CCN(c2ncnc(CF)c2C#N)C1)n1cc(-c2ncnc3[nH]ccc23)cn1. The van der Waals surface area contributed by atoms with Crippen LogP contribution in [-0.4, -0.2) is 47.8 Å². The first-order chi connectivity index (χ1) is 16.2. The van der Waals surface area contributed by atoms with E-state index in [1.165, 1.54) is 12.7 Å². The first kappa shape index (κ1) is 20.5. The van der Waals surface area contributed by atoms with E-state index in [2.05, 4.69) is 36.1 Å². The van der Waals surface area contributed by atoms with Gasteiger partial charge in [-0.2, -0.15) is 15.6 Å². The fraction of sp³-hybridized carbons (Fsp3) is 0.318. The molecule has 33 heavy (non-hydrogen) atoms. The molecule has 0 bridgehead atoms. The Balaban J connectivity index is 1.42. The van der Waals surface area contributed by atoms with E-state index in [1.807, 2.05) is 34.1 Å². The van der Waals surface area contributed by atoms with Crippen LogP contribution in [0.5, 0.6) is 0 Å². The number of aromatic amines is 1. The van der Waals surface area contributed by atoms with Crippen molar-refractivity contribution in [2.45, 2.75) is 25.6 Å². The Labute approximate surface area is 188 Å². The predicted octanol–water partition coefficient (Wildman–Crippen LogP) is 2.93. The fourth-order valence-corrected chi connectivity index (χ4v) is 4.47. The normalized spacial score (nSPS) is 16.6. The molecule has 11 heteroatoms. The Kier molecular flexibility index (Phi) is 5.37. The smallest absolute Gasteiger partial charge is 0.150 e. The zero-order valence-corrected chi connectivity index (χ0v) is 17.6. The molecule has 4 aromatic heterocycles. The van der Waals surface area contributed by atoms with Crippen LogP contribution in [0.4, 0.5) is 10.2 Å². The van der Waals surface area contributed by atoms with Gasteiger partial charge in [0.05, 0.1) is 36.1 Å². The zero-order valence-electron chi connectivity index (χ0n) is 17.6. The minimum atomic E-state index is -0.819. The Morgan fingerprint density at radius 2 is 2.09 bits per heavy atom. The number of nitrogens with zero attached hydrogens (tertiary/aromatic N) is 9. The van der Waals surface area contributed by atoms with Gasteiger partial charge in [0.15, 0.2) is 0 Å². The minimum absolute atomic E-state index is 0.0946. The molecule has 0 spiro atoms. The van der Waals surface area contributed by atoms with Gasteiger partial charge < -0.3 is 9.88 Å². The van der Waals surface area contributed by atoms with E-state index < -0.39 is 6.67 Å². The van der Waals surface area contributed by atoms with Gasteiger partial charge in [0.25, 0.3) is 0 Å². The molecule has 5 heterocycles. The van der Waals surface area contributed by atoms with Gasteiger partial charge in [0.2, 0.25) is 0 Å². The Morgan fingerprint density at radius 1 is 1.21 bits per heavy atom. The minimum Gasteiger partial charge on any atom is -0.355 e. The van der Waals surface area contributed by atoms with E-state index in [1.54, 1.807) is 6.20 Å². The molecule has 2 atom stereocenters. The number of rotatable bonds is 6. The lowest BCUT2D eigenvalue weighted by Crippen LogP contribution is -2.26. The predicted molar refractivity (Wildman–Crippen MR) is 116 cm³/mol. The summed E-state index contributed by atoms with van der Waals surface area (Å²) in [5.74, 6) is 0.542. The maximum Gasteiger partial charge on any atom is 0.150 e. The average molecular weight is 442 g/mol. The standard InChI is InChI=1S/C22H19FN10/c23-7-18-17(8-25)22(30-12-27-18)32-6-3-14(10-32)19(1-4-24)33-11-15(9-31-33)20-16-2-5-26-21(16)29-13-28-20/h2,5,9,11-14,19H,1,3,6-7,10H2,(H,26,28,29)/t14-,19-/m0/s1. The number of H-pyrrole nitrogens is 1. The summed E-state index contributed by atoms with van der Waals surface area (Å²) < 4.78 is 15.1. The van der Waals surface area contributed by atoms with Gasteiger partial charge >= 0.3 is 0 Å². The molecule has 0 aliphatic carbocycles. The molecule has 0 radical (unpaired) electrons. The molecule has 0 aromatic carbocycles. The van der Waals surface area contributed by atoms with E-state index in [0.717, 1.165) is 28.7 Å². The molecule has 0 amide bonds. The molecule has 4 aromatic rings. The summed E-state index contributed by atoms with van der Waals surface area (Å²) in [4.78, 5) is 21.8. The summed E-state index contributed by atoms with van der Waals surface area (Å²) in [6.45, 7) is 0.406. The molecule has 0 saturated carbocycles. The number of nitrogens with one attached hydrogen (secondary N) is 1. The van der Waals surface area contributed by atoms with Crippen molar-refractivity contribution in [1.82, 2.24) is 34.7 Å². The molecule has 0 unspecified atom stereocenters. The summed E-state index contributed by atoms with van der Waals surface area (Å²) in [5.41, 5.74) is 2.62. The van der Waals surface area contributed by atoms with E-state index in [9.17, 15) is 14.9 Å². The van der Waals surface area contributed by atoms with Crippen molar-refractivity contribution in [3.05, 3.63) is 48.6 Å². The summed E-state index contributed by atoms with van der Waals surface area (Å²) in [6.07, 6.45) is 9.34. The molecule has 164 valence electrons. The Bertz CT molecular complexity index is 1380. The monoisotopic (exact) mass is 442 g/mol. The second-order valence-electron chi connectivity index (χ2n) is 7.86. The van der Waals surface area contributed by atoms with Crippen LogP contribution in [0.1, 0.15) is 30.1 Å². The van der Waals surface area contributed by atoms with Crippen LogP contribution in [0.25, 0.3) is 22.3 Å². The summed E-state index contributed by atoms with van der Waals surface area (Å²) in [5, 5.41) is 24.5. The lowest BCUT2D eigenvalue weighted by Gasteiger charge is -2.23. The van der Waals surface area contributed by atoms with E-state index in [0.29, 0.717) is 18.9 Å². The van der Waals surface area contributed by atoms with Gasteiger partial charge in [0.1, 0.15) is 42.4 Å². The highest BCUT2D eigenvalue weighted by atomic mass is 19.1. The van der Waals surface area contributed by atoms with Crippen molar-refractivity contribution in [2.24, 2.45) is 5.92 Å². The van der Waals surface area contributed by atoms with Crippen LogP contribution in [0.3, 0.4) is 0 Å². The highest BCUT2D eigenvalue weighted by Crippen LogP contribution is 2.34. The van der Waals surface area contributed by atoms with Gasteiger partial charge in [0, 0.05) is 42.4 Å². The summed E-state index contributed by atoms with van der Waals surface area (Å²) in [6, 6.07) is 6.07. The molecule has 1 aliphatic heterocycles. The van der Waals surface area contributed by atoms with Crippen molar-refractivity contribution in [3.8, 4) is 23.4 Å². The Hall–Kier alpha value is -4.38. The highest BCUT2D eigenvalue weighted by Gasteiger charge is 2.33. The number of nitriles is 2. The second-order valence-corrected chi connectivity index (χ2v) is 7.86. The van der Waals surface area contributed by atoms with Crippen LogP contribution in [0.2, 0.25) is 0 Å². The lowest BCUT2D eigenvalue weighted by molar-refractivity contribution is 0.332. The van der Waals surface area contributed by atoms with Gasteiger partial charge in [-0.05, 0) is 12.5 Å². The first-order valence-corrected chi connectivity index (χ1v) is 10.5. The number of aromatic nitrogens is 7. The van der Waals surface area contributed by atoms with Gasteiger partial charge in [-0.25, -0.2) is 24.3 Å². The Morgan fingerprint density at radius 3 is 2.91 bits per heavy atom. The maximum atomic E-state index is 13.3. The molecule has 1 fully saturated rings. The molecule has 1 saturated heterocycles. The van der Waals surface area contributed by atoms with E-state index in [4.69, 9.17) is 0 Å². The average Bonchev–Trinajstić information content (AvgIpc) is 3.62. The number of hydrogen-bond donors (Lipinski definition) is 1. The van der Waals surface area contributed by atoms with Crippen molar-refractivity contribution >= 4 is 16.9 Å². The third kappa shape index (κ3) is 3.64. The van der Waals surface area contributed by atoms with Crippen LogP contribution in [0.15, 0.2) is 37.3 Å². The molecule has 1 aliphatic rings. The van der Waals surface area contributed by atoms with Crippen molar-refractivity contribution in [1.29, 1.82) is 10.5 Å². The highest BCUT2D eigenvalue weighted by molar-refractivity contribution is 5.89. The first-order valence-electron chi connectivity index (χ1n) is 10.5. The van der Waals surface area contributed by atoms with Crippen LogP contribution < -0.4 is 4.90 Å². The lowest BCUT2D eigenvalue weighted by atomic mass is 9.96. The van der Waals surface area contributed by atoms with Crippen LogP contribution >= 0.6 is 0 Å². The third-order valence-electron chi connectivity index (χ3n) is 6.08. The van der Waals surface area contributed by atoms with Crippen molar-refractivity contribution in [2.75, 3.05) is 18.0 Å². The van der Waals surface area contributed by atoms with E-state index >= 15 is 0 Å². The molecule has 5 rings (SSSR count). The summed E-state index contributed by atoms with van der Waals surface area (Å²) in [7, 11) is 0. The largest absolute Gasteiger partial charge is 0.355 e. The molecule has 10 nitrogen and oxygen atoms in total. The van der Waals surface area contributed by atoms with E-state index in [-0.39, 0.29) is 29.6 Å². The van der Waals surface area contributed by atoms with Crippen molar-refractivity contribution < 1.29 is 4.39 Å². The maximum absolute atomic E-state index is 13.3. The number of fused-ring (bicyclic) bond motifs is 1. The molecular formula is C22H19FN10. The number of alkyl halides is 1. The topological polar surface area (TPSA) is 136 Å². The molecular weight excluding hydrogens is 423 g/mol. The van der Waals surface area contributed by atoms with Crippen LogP contribution in [-0.2, 0) is 6.67 Å². The zero-order chi connectivity index (χ0) is 22.8. The second kappa shape index (κ2) is 8.63. The van der Waals surface area contributed by atoms with Crippen LogP contribution in [0, 0.1) is 28.6 Å². The number of anilines is 1. The quantitative estimate of drug-likeness (QED) is 0.481. The van der Waals surface area contributed by atoms with Gasteiger partial charge in [-0.3, -0.25) is 4.68 Å². The molecule has 1 N–H and O–H groups in total. The van der Waals surface area contributed by atoms with Crippen molar-refractivity contribution in [3.63, 3.8) is 0 Å². The fourth-order valence-electron chi connectivity index (χ4n) is 4.47.